The lowest BCUT2D eigenvalue weighted by atomic mass is 10.0. The molecule has 0 radical (unpaired) electrons. The van der Waals surface area contributed by atoms with Crippen molar-refractivity contribution in [3.05, 3.63) is 72.6 Å². The van der Waals surface area contributed by atoms with Crippen molar-refractivity contribution in [2.24, 2.45) is 0 Å². The van der Waals surface area contributed by atoms with Crippen LogP contribution in [0.5, 0.6) is 0 Å². The highest BCUT2D eigenvalue weighted by Crippen LogP contribution is 2.28. The average Bonchev–Trinajstić information content (AvgIpc) is 3.73. The van der Waals surface area contributed by atoms with E-state index in [4.69, 9.17) is 24.1 Å². The van der Waals surface area contributed by atoms with Gasteiger partial charge in [0.2, 0.25) is 0 Å². The molecule has 2 aromatic carbocycles. The normalized spacial score (nSPS) is 12.1. The zero-order chi connectivity index (χ0) is 31.9. The molecule has 0 aliphatic carbocycles. The summed E-state index contributed by atoms with van der Waals surface area (Å²) in [6.45, 7) is 6.75. The number of aliphatic hydroxyl groups excluding tert-OH is 2. The summed E-state index contributed by atoms with van der Waals surface area (Å²) in [5, 5.41) is 18.3. The Morgan fingerprint density at radius 2 is 1.27 bits per heavy atom. The molecule has 4 aromatic rings. The molecular weight excluding hydrogens is 568 g/mol. The van der Waals surface area contributed by atoms with E-state index in [2.05, 4.69) is 19.9 Å². The molecule has 0 saturated heterocycles. The molecule has 0 saturated carbocycles. The Bertz CT molecular complexity index is 1430. The first-order valence-electron chi connectivity index (χ1n) is 14.5. The summed E-state index contributed by atoms with van der Waals surface area (Å²) in [6, 6.07) is 15.9. The van der Waals surface area contributed by atoms with Gasteiger partial charge in [-0.1, -0.05) is 62.4 Å². The van der Waals surface area contributed by atoms with E-state index in [1.165, 1.54) is 0 Å². The molecule has 2 aromatic heterocycles. The second-order valence-corrected chi connectivity index (χ2v) is 9.11. The topological polar surface area (TPSA) is 169 Å². The van der Waals surface area contributed by atoms with Crippen molar-refractivity contribution in [3.63, 3.8) is 0 Å². The number of hydrogen-bond acceptors (Lipinski definition) is 10. The smallest absolute Gasteiger partial charge is 0.335 e. The number of imidazole rings is 2. The van der Waals surface area contributed by atoms with E-state index in [1.807, 2.05) is 62.4 Å². The van der Waals surface area contributed by atoms with Crippen molar-refractivity contribution in [1.29, 1.82) is 0 Å². The van der Waals surface area contributed by atoms with Crippen LogP contribution in [0, 0.1) is 0 Å². The quantitative estimate of drug-likeness (QED) is 0.111. The van der Waals surface area contributed by atoms with E-state index in [1.54, 1.807) is 26.2 Å². The van der Waals surface area contributed by atoms with Crippen LogP contribution in [0.1, 0.15) is 51.9 Å². The van der Waals surface area contributed by atoms with E-state index >= 15 is 0 Å². The van der Waals surface area contributed by atoms with Crippen molar-refractivity contribution in [2.45, 2.75) is 52.7 Å². The molecule has 236 valence electrons. The predicted molar refractivity (Wildman–Crippen MR) is 163 cm³/mol. The third-order valence-corrected chi connectivity index (χ3v) is 6.39. The minimum atomic E-state index is -0.951. The SMILES string of the molecule is CC.CCOC(=O)CC(OCO)c1ncc(-c2ccc(-c3ccc(-c4cnc(CC(OCO)C(=O)OCC)[nH]4)cc3)cc2)[nH]1. The number of aliphatic hydroxyl groups is 2. The molecule has 4 rings (SSSR count). The molecule has 0 fully saturated rings. The monoisotopic (exact) mass is 608 g/mol. The molecule has 12 heteroatoms. The molecule has 2 heterocycles. The van der Waals surface area contributed by atoms with Gasteiger partial charge >= 0.3 is 11.9 Å². The third kappa shape index (κ3) is 9.32. The van der Waals surface area contributed by atoms with E-state index in [9.17, 15) is 14.7 Å². The van der Waals surface area contributed by atoms with Gasteiger partial charge in [0.1, 0.15) is 31.3 Å². The number of ether oxygens (including phenoxy) is 4. The number of carbonyl (C=O) groups is 2. The van der Waals surface area contributed by atoms with E-state index in [0.29, 0.717) is 11.6 Å². The van der Waals surface area contributed by atoms with Crippen LogP contribution in [-0.4, -0.2) is 75.0 Å². The molecule has 44 heavy (non-hydrogen) atoms. The molecule has 2 atom stereocenters. The second-order valence-electron chi connectivity index (χ2n) is 9.11. The Morgan fingerprint density at radius 1 is 0.750 bits per heavy atom. The predicted octanol–water partition coefficient (Wildman–Crippen LogP) is 4.56. The lowest BCUT2D eigenvalue weighted by Crippen LogP contribution is -2.29. The van der Waals surface area contributed by atoms with Gasteiger partial charge in [-0.25, -0.2) is 14.8 Å². The van der Waals surface area contributed by atoms with Crippen LogP contribution in [0.15, 0.2) is 60.9 Å². The van der Waals surface area contributed by atoms with Gasteiger partial charge in [0.25, 0.3) is 0 Å². The molecule has 4 N–H and O–H groups in total. The molecule has 0 spiro atoms. The first kappa shape index (κ1) is 34.1. The Balaban J connectivity index is 0.00000259. The van der Waals surface area contributed by atoms with E-state index < -0.39 is 37.7 Å². The fraction of sp³-hybridized carbons (Fsp3) is 0.375. The second kappa shape index (κ2) is 17.7. The van der Waals surface area contributed by atoms with Crippen LogP contribution >= 0.6 is 0 Å². The Morgan fingerprint density at radius 3 is 1.82 bits per heavy atom. The van der Waals surface area contributed by atoms with Crippen molar-refractivity contribution in [1.82, 2.24) is 19.9 Å². The maximum absolute atomic E-state index is 12.1. The van der Waals surface area contributed by atoms with Crippen LogP contribution in [-0.2, 0) is 35.0 Å². The lowest BCUT2D eigenvalue weighted by Gasteiger charge is -2.13. The maximum atomic E-state index is 12.1. The van der Waals surface area contributed by atoms with Crippen LogP contribution in [0.2, 0.25) is 0 Å². The number of H-pyrrole nitrogens is 2. The van der Waals surface area contributed by atoms with Gasteiger partial charge in [-0.05, 0) is 36.1 Å². The highest BCUT2D eigenvalue weighted by Gasteiger charge is 2.23. The van der Waals surface area contributed by atoms with Crippen molar-refractivity contribution in [2.75, 3.05) is 26.8 Å². The molecule has 0 bridgehead atoms. The molecule has 0 amide bonds. The number of carbonyl (C=O) groups excluding carboxylic acids is 2. The fourth-order valence-electron chi connectivity index (χ4n) is 4.35. The molecule has 0 aliphatic rings. The highest BCUT2D eigenvalue weighted by molar-refractivity contribution is 5.75. The molecule has 0 aliphatic heterocycles. The number of nitrogens with one attached hydrogen (secondary N) is 2. The molecule has 12 nitrogen and oxygen atoms in total. The summed E-state index contributed by atoms with van der Waals surface area (Å²) < 4.78 is 20.4. The summed E-state index contributed by atoms with van der Waals surface area (Å²) in [6.07, 6.45) is 1.71. The summed E-state index contributed by atoms with van der Waals surface area (Å²) in [4.78, 5) is 39.0. The van der Waals surface area contributed by atoms with Crippen LogP contribution in [0.3, 0.4) is 0 Å². The van der Waals surface area contributed by atoms with Crippen LogP contribution < -0.4 is 0 Å². The van der Waals surface area contributed by atoms with Gasteiger partial charge in [-0.2, -0.15) is 0 Å². The fourth-order valence-corrected chi connectivity index (χ4v) is 4.35. The zero-order valence-electron chi connectivity index (χ0n) is 25.4. The Kier molecular flexibility index (Phi) is 13.7. The first-order valence-corrected chi connectivity index (χ1v) is 14.5. The van der Waals surface area contributed by atoms with Crippen LogP contribution in [0.4, 0.5) is 0 Å². The maximum Gasteiger partial charge on any atom is 0.335 e. The number of esters is 2. The summed E-state index contributed by atoms with van der Waals surface area (Å²) >= 11 is 0. The van der Waals surface area contributed by atoms with Crippen LogP contribution in [0.25, 0.3) is 33.6 Å². The van der Waals surface area contributed by atoms with Gasteiger partial charge in [0, 0.05) is 6.42 Å². The van der Waals surface area contributed by atoms with Crippen molar-refractivity contribution in [3.8, 4) is 33.6 Å². The Labute approximate surface area is 256 Å². The number of hydrogen-bond donors (Lipinski definition) is 4. The standard InChI is InChI=1S/C30H34N4O8.C2H6/c1-3-39-28(37)14-25(41-17-35)29-32-16-24(34-29)22-11-7-20(8-12-22)19-5-9-21(10-6-19)23-15-31-27(33-23)13-26(42-18-36)30(38)40-4-2;1-2/h5-12,15-16,25-26,35-36H,3-4,13-14,17-18H2,1-2H3,(H,31,33)(H,32,34);1-2H3. The van der Waals surface area contributed by atoms with E-state index in [0.717, 1.165) is 33.6 Å². The lowest BCUT2D eigenvalue weighted by molar-refractivity contribution is -0.163. The van der Waals surface area contributed by atoms with E-state index in [-0.39, 0.29) is 26.1 Å². The zero-order valence-corrected chi connectivity index (χ0v) is 25.4. The van der Waals surface area contributed by atoms with Crippen molar-refractivity contribution >= 4 is 11.9 Å². The summed E-state index contributed by atoms with van der Waals surface area (Å²) in [5.74, 6) is -0.0337. The first-order chi connectivity index (χ1) is 21.4. The number of nitrogens with zero attached hydrogens (tertiary/aromatic N) is 2. The van der Waals surface area contributed by atoms with Gasteiger partial charge in [-0.15, -0.1) is 0 Å². The van der Waals surface area contributed by atoms with Gasteiger partial charge in [-0.3, -0.25) is 4.79 Å². The van der Waals surface area contributed by atoms with Gasteiger partial charge in [0.05, 0.1) is 43.4 Å². The molecule has 2 unspecified atom stereocenters. The highest BCUT2D eigenvalue weighted by atomic mass is 16.6. The average molecular weight is 609 g/mol. The summed E-state index contributed by atoms with van der Waals surface area (Å²) in [5.41, 5.74) is 5.35. The minimum absolute atomic E-state index is 0.0671. The number of rotatable bonds is 15. The number of benzene rings is 2. The Hall–Kier alpha value is -4.36. The molecular formula is C32H40N4O8. The number of aromatic amines is 2. The van der Waals surface area contributed by atoms with Crippen molar-refractivity contribution < 1.29 is 38.7 Å². The third-order valence-electron chi connectivity index (χ3n) is 6.39. The summed E-state index contributed by atoms with van der Waals surface area (Å²) in [7, 11) is 0. The van der Waals surface area contributed by atoms with Gasteiger partial charge < -0.3 is 39.1 Å². The largest absolute Gasteiger partial charge is 0.466 e. The number of aromatic nitrogens is 4. The van der Waals surface area contributed by atoms with Gasteiger partial charge in [0.15, 0.2) is 6.10 Å². The minimum Gasteiger partial charge on any atom is -0.466 e.